The molecule has 0 atom stereocenters. The number of ether oxygens (including phenoxy) is 1. The average Bonchev–Trinajstić information content (AvgIpc) is 2.99. The minimum atomic E-state index is -0.345. The van der Waals surface area contributed by atoms with E-state index in [-0.39, 0.29) is 12.1 Å². The fourth-order valence-electron chi connectivity index (χ4n) is 3.13. The predicted molar refractivity (Wildman–Crippen MR) is 105 cm³/mol. The van der Waals surface area contributed by atoms with Crippen LogP contribution in [0.4, 0.5) is 0 Å². The van der Waals surface area contributed by atoms with Gasteiger partial charge in [-0.25, -0.2) is 9.78 Å². The Hall–Kier alpha value is -2.08. The molecule has 140 valence electrons. The Labute approximate surface area is 166 Å². The summed E-state index contributed by atoms with van der Waals surface area (Å²) in [5.41, 5.74) is 2.28. The quantitative estimate of drug-likeness (QED) is 0.569. The molecule has 0 unspecified atom stereocenters. The lowest BCUT2D eigenvalue weighted by Gasteiger charge is -2.38. The van der Waals surface area contributed by atoms with Gasteiger partial charge in [-0.3, -0.25) is 0 Å². The molecule has 0 spiro atoms. The van der Waals surface area contributed by atoms with Gasteiger partial charge in [0.05, 0.1) is 5.56 Å². The molecule has 1 aromatic heterocycles. The van der Waals surface area contributed by atoms with Crippen LogP contribution in [0, 0.1) is 0 Å². The van der Waals surface area contributed by atoms with Crippen molar-refractivity contribution in [3.8, 4) is 11.5 Å². The molecule has 1 aliphatic carbocycles. The van der Waals surface area contributed by atoms with Crippen molar-refractivity contribution >= 4 is 40.3 Å². The first kappa shape index (κ1) is 18.3. The van der Waals surface area contributed by atoms with Gasteiger partial charge in [0.15, 0.2) is 5.58 Å². The second-order valence-corrected chi connectivity index (χ2v) is 7.85. The van der Waals surface area contributed by atoms with E-state index in [0.717, 1.165) is 12.8 Å². The number of carbonyl (C=O) groups excluding carboxylic acids is 1. The summed E-state index contributed by atoms with van der Waals surface area (Å²) >= 11 is 12.1. The van der Waals surface area contributed by atoms with Crippen LogP contribution in [0.5, 0.6) is 0 Å². The van der Waals surface area contributed by atoms with Crippen molar-refractivity contribution in [1.82, 2.24) is 9.88 Å². The van der Waals surface area contributed by atoms with Crippen LogP contribution in [-0.4, -0.2) is 42.1 Å². The van der Waals surface area contributed by atoms with E-state index in [1.165, 1.54) is 0 Å². The summed E-state index contributed by atoms with van der Waals surface area (Å²) < 4.78 is 11.4. The Morgan fingerprint density at radius 1 is 1.15 bits per heavy atom. The number of nitrogens with zero attached hydrogens (tertiary/aromatic N) is 2. The smallest absolute Gasteiger partial charge is 0.338 e. The molecule has 0 aliphatic heterocycles. The molecule has 0 radical (unpaired) electrons. The van der Waals surface area contributed by atoms with Crippen molar-refractivity contribution < 1.29 is 13.9 Å². The lowest BCUT2D eigenvalue weighted by molar-refractivity contribution is -0.0190. The molecule has 1 fully saturated rings. The minimum Gasteiger partial charge on any atom is -0.459 e. The van der Waals surface area contributed by atoms with E-state index in [9.17, 15) is 4.79 Å². The van der Waals surface area contributed by atoms with E-state index in [1.54, 1.807) is 36.4 Å². The highest BCUT2D eigenvalue weighted by Crippen LogP contribution is 2.31. The fourth-order valence-corrected chi connectivity index (χ4v) is 3.65. The van der Waals surface area contributed by atoms with Gasteiger partial charge < -0.3 is 14.1 Å². The fraction of sp³-hybridized carbons (Fsp3) is 0.300. The number of benzene rings is 2. The molecule has 0 N–H and O–H groups in total. The van der Waals surface area contributed by atoms with Gasteiger partial charge in [-0.15, -0.1) is 0 Å². The largest absolute Gasteiger partial charge is 0.459 e. The number of carbonyl (C=O) groups is 1. The van der Waals surface area contributed by atoms with Crippen molar-refractivity contribution in [2.24, 2.45) is 0 Å². The summed E-state index contributed by atoms with van der Waals surface area (Å²) in [6, 6.07) is 10.7. The Balaban J connectivity index is 1.53. The third-order valence-corrected chi connectivity index (χ3v) is 5.24. The number of halogens is 2. The van der Waals surface area contributed by atoms with Gasteiger partial charge in [0.25, 0.3) is 0 Å². The van der Waals surface area contributed by atoms with E-state index in [0.29, 0.717) is 44.2 Å². The Morgan fingerprint density at radius 3 is 2.52 bits per heavy atom. The predicted octanol–water partition coefficient (Wildman–Crippen LogP) is 5.05. The Kier molecular flexibility index (Phi) is 4.84. The van der Waals surface area contributed by atoms with Crippen LogP contribution in [-0.2, 0) is 4.74 Å². The van der Waals surface area contributed by atoms with E-state index < -0.39 is 0 Å². The average molecular weight is 405 g/mol. The minimum absolute atomic E-state index is 0.0283. The monoisotopic (exact) mass is 404 g/mol. The lowest BCUT2D eigenvalue weighted by Crippen LogP contribution is -2.45. The van der Waals surface area contributed by atoms with Crippen molar-refractivity contribution in [3.05, 3.63) is 52.0 Å². The highest BCUT2D eigenvalue weighted by atomic mass is 35.5. The van der Waals surface area contributed by atoms with Gasteiger partial charge in [0.1, 0.15) is 11.6 Å². The first-order chi connectivity index (χ1) is 12.9. The number of oxazole rings is 1. The Bertz CT molecular complexity index is 989. The van der Waals surface area contributed by atoms with E-state index in [2.05, 4.69) is 9.88 Å². The van der Waals surface area contributed by atoms with E-state index in [4.69, 9.17) is 32.4 Å². The zero-order chi connectivity index (χ0) is 19.1. The number of hydrogen-bond donors (Lipinski definition) is 0. The summed E-state index contributed by atoms with van der Waals surface area (Å²) in [6.07, 6.45) is 1.70. The number of rotatable bonds is 4. The van der Waals surface area contributed by atoms with Crippen LogP contribution in [0.15, 0.2) is 40.8 Å². The normalized spacial score (nSPS) is 19.3. The zero-order valence-corrected chi connectivity index (χ0v) is 16.4. The molecule has 27 heavy (non-hydrogen) atoms. The number of fused-ring (bicyclic) bond motifs is 1. The molecule has 0 saturated heterocycles. The first-order valence-corrected chi connectivity index (χ1v) is 9.39. The molecule has 0 amide bonds. The number of hydrogen-bond acceptors (Lipinski definition) is 5. The highest BCUT2D eigenvalue weighted by molar-refractivity contribution is 6.35. The number of aromatic nitrogens is 1. The van der Waals surface area contributed by atoms with Gasteiger partial charge in [-0.2, -0.15) is 0 Å². The van der Waals surface area contributed by atoms with Gasteiger partial charge in [-0.05, 0) is 50.5 Å². The summed E-state index contributed by atoms with van der Waals surface area (Å²) in [4.78, 5) is 19.0. The van der Waals surface area contributed by atoms with Crippen molar-refractivity contribution in [2.45, 2.75) is 25.0 Å². The number of esters is 1. The summed E-state index contributed by atoms with van der Waals surface area (Å²) in [5, 5.41) is 1.00. The third-order valence-electron chi connectivity index (χ3n) is 4.81. The summed E-state index contributed by atoms with van der Waals surface area (Å²) in [6.45, 7) is 0. The first-order valence-electron chi connectivity index (χ1n) is 8.63. The topological polar surface area (TPSA) is 55.6 Å². The van der Waals surface area contributed by atoms with Crippen molar-refractivity contribution in [2.75, 3.05) is 14.1 Å². The van der Waals surface area contributed by atoms with Gasteiger partial charge in [0, 0.05) is 34.5 Å². The second-order valence-electron chi connectivity index (χ2n) is 6.98. The molecule has 4 rings (SSSR count). The third kappa shape index (κ3) is 3.81. The molecule has 1 aliphatic rings. The molecule has 5 nitrogen and oxygen atoms in total. The second kappa shape index (κ2) is 7.15. The van der Waals surface area contributed by atoms with Crippen molar-refractivity contribution in [3.63, 3.8) is 0 Å². The summed E-state index contributed by atoms with van der Waals surface area (Å²) in [5.74, 6) is 0.0515. The maximum Gasteiger partial charge on any atom is 0.338 e. The van der Waals surface area contributed by atoms with E-state index >= 15 is 0 Å². The summed E-state index contributed by atoms with van der Waals surface area (Å²) in [7, 11) is 4.07. The zero-order valence-electron chi connectivity index (χ0n) is 14.9. The van der Waals surface area contributed by atoms with Crippen LogP contribution in [0.25, 0.3) is 22.6 Å². The maximum absolute atomic E-state index is 12.4. The molecular weight excluding hydrogens is 387 g/mol. The van der Waals surface area contributed by atoms with Crippen molar-refractivity contribution in [1.29, 1.82) is 0 Å². The Morgan fingerprint density at radius 2 is 1.85 bits per heavy atom. The molecule has 2 aromatic carbocycles. The van der Waals surface area contributed by atoms with Crippen LogP contribution in [0.3, 0.4) is 0 Å². The van der Waals surface area contributed by atoms with Gasteiger partial charge in [0.2, 0.25) is 5.89 Å². The highest BCUT2D eigenvalue weighted by Gasteiger charge is 2.33. The van der Waals surface area contributed by atoms with Crippen LogP contribution in [0.1, 0.15) is 23.2 Å². The van der Waals surface area contributed by atoms with E-state index in [1.807, 2.05) is 14.1 Å². The van der Waals surface area contributed by atoms with Crippen LogP contribution in [0.2, 0.25) is 10.0 Å². The maximum atomic E-state index is 12.4. The SMILES string of the molecule is CN(C)[C@H]1C[C@H](OC(=O)c2ccc3nc(-c4cc(Cl)cc(Cl)c4)oc3c2)C1. The standard InChI is InChI=1S/C20H18Cl2N2O3/c1-24(2)15-9-16(10-15)26-20(25)11-3-4-17-18(7-11)27-19(23-17)12-5-13(21)8-14(22)6-12/h3-8,15-16H,9-10H2,1-2H3/t15-,16-. The molecule has 1 heterocycles. The van der Waals surface area contributed by atoms with Crippen LogP contribution < -0.4 is 0 Å². The molecule has 7 heteroatoms. The molecule has 3 aromatic rings. The van der Waals surface area contributed by atoms with Crippen LogP contribution >= 0.6 is 23.2 Å². The lowest BCUT2D eigenvalue weighted by atomic mass is 9.88. The molecular formula is C20H18Cl2N2O3. The molecule has 0 bridgehead atoms. The molecule has 1 saturated carbocycles. The van der Waals surface area contributed by atoms with Gasteiger partial charge >= 0.3 is 5.97 Å². The van der Waals surface area contributed by atoms with Gasteiger partial charge in [-0.1, -0.05) is 23.2 Å².